The molecule has 2 aromatic carbocycles. The van der Waals surface area contributed by atoms with Gasteiger partial charge in [-0.2, -0.15) is 0 Å². The Morgan fingerprint density at radius 3 is 2.20 bits per heavy atom. The number of nitrogens with zero attached hydrogens (tertiary/aromatic N) is 4. The van der Waals surface area contributed by atoms with E-state index >= 15 is 0 Å². The number of aromatic nitrogens is 2. The summed E-state index contributed by atoms with van der Waals surface area (Å²) in [5.41, 5.74) is 0.815. The highest BCUT2D eigenvalue weighted by Gasteiger charge is 2.22. The number of carbonyl (C=O) groups is 1. The van der Waals surface area contributed by atoms with E-state index in [4.69, 9.17) is 0 Å². The Morgan fingerprint density at radius 1 is 0.857 bits per heavy atom. The first-order valence-electron chi connectivity index (χ1n) is 11.1. The highest BCUT2D eigenvalue weighted by Crippen LogP contribution is 2.28. The molecule has 0 unspecified atom stereocenters. The van der Waals surface area contributed by atoms with Gasteiger partial charge in [-0.15, -0.1) is 0 Å². The second kappa shape index (κ2) is 9.22. The lowest BCUT2D eigenvalue weighted by Gasteiger charge is -2.36. The van der Waals surface area contributed by atoms with E-state index in [9.17, 15) is 18.3 Å². The van der Waals surface area contributed by atoms with Gasteiger partial charge in [0.2, 0.25) is 0 Å². The Morgan fingerprint density at radius 2 is 1.54 bits per heavy atom. The Kier molecular flexibility index (Phi) is 5.96. The molecule has 1 aliphatic heterocycles. The molecule has 3 heterocycles. The number of pyridine rings is 2. The zero-order valence-corrected chi connectivity index (χ0v) is 19.5. The van der Waals surface area contributed by atoms with Crippen molar-refractivity contribution < 1.29 is 18.3 Å². The predicted molar refractivity (Wildman–Crippen MR) is 135 cm³/mol. The zero-order chi connectivity index (χ0) is 24.4. The van der Waals surface area contributed by atoms with Crippen LogP contribution in [0.3, 0.4) is 0 Å². The number of carboxylic acids is 1. The molecule has 5 rings (SSSR count). The van der Waals surface area contributed by atoms with Gasteiger partial charge >= 0.3 is 5.97 Å². The van der Waals surface area contributed by atoms with Gasteiger partial charge in [-0.25, -0.2) is 23.2 Å². The monoisotopic (exact) mass is 489 g/mol. The van der Waals surface area contributed by atoms with Crippen molar-refractivity contribution in [2.75, 3.05) is 40.7 Å². The smallest absolute Gasteiger partial charge is 0.336 e. The van der Waals surface area contributed by atoms with E-state index in [1.807, 2.05) is 18.2 Å². The fourth-order valence-corrected chi connectivity index (χ4v) is 5.20. The van der Waals surface area contributed by atoms with Crippen LogP contribution in [0.1, 0.15) is 10.4 Å². The number of sulfonamides is 1. The molecular weight excluding hydrogens is 466 g/mol. The SMILES string of the molecule is O=C(O)c1cc(N2CCN(c3ccccn3)CC2)nc2ccc(NS(=O)(=O)c3ccccc3)cc12. The van der Waals surface area contributed by atoms with E-state index in [0.717, 1.165) is 18.9 Å². The van der Waals surface area contributed by atoms with Crippen LogP contribution in [-0.4, -0.2) is 55.6 Å². The summed E-state index contributed by atoms with van der Waals surface area (Å²) >= 11 is 0. The first-order chi connectivity index (χ1) is 16.9. The number of benzene rings is 2. The van der Waals surface area contributed by atoms with Gasteiger partial charge in [0.1, 0.15) is 11.6 Å². The molecule has 4 aromatic rings. The van der Waals surface area contributed by atoms with Gasteiger partial charge in [-0.1, -0.05) is 24.3 Å². The van der Waals surface area contributed by atoms with Crippen LogP contribution in [0, 0.1) is 0 Å². The Hall–Kier alpha value is -4.18. The molecule has 0 bridgehead atoms. The van der Waals surface area contributed by atoms with E-state index in [1.54, 1.807) is 42.6 Å². The number of hydrogen-bond acceptors (Lipinski definition) is 7. The van der Waals surface area contributed by atoms with Gasteiger partial charge in [0.25, 0.3) is 10.0 Å². The van der Waals surface area contributed by atoms with Crippen LogP contribution >= 0.6 is 0 Å². The zero-order valence-electron chi connectivity index (χ0n) is 18.7. The molecule has 1 fully saturated rings. The van der Waals surface area contributed by atoms with Crippen LogP contribution in [0.5, 0.6) is 0 Å². The van der Waals surface area contributed by atoms with Gasteiger partial charge < -0.3 is 14.9 Å². The van der Waals surface area contributed by atoms with Crippen molar-refractivity contribution >= 4 is 44.2 Å². The van der Waals surface area contributed by atoms with E-state index in [0.29, 0.717) is 29.8 Å². The number of hydrogen-bond donors (Lipinski definition) is 2. The molecule has 0 spiro atoms. The molecule has 9 nitrogen and oxygen atoms in total. The topological polar surface area (TPSA) is 116 Å². The van der Waals surface area contributed by atoms with Crippen LogP contribution < -0.4 is 14.5 Å². The molecule has 0 radical (unpaired) electrons. The molecule has 0 amide bonds. The Labute approximate surface area is 202 Å². The lowest BCUT2D eigenvalue weighted by molar-refractivity contribution is 0.0699. The number of nitrogens with one attached hydrogen (secondary N) is 1. The molecule has 0 aliphatic carbocycles. The third-order valence-corrected chi connectivity index (χ3v) is 7.31. The number of carboxylic acid groups (broad SMARTS) is 1. The summed E-state index contributed by atoms with van der Waals surface area (Å²) in [7, 11) is -3.80. The number of piperazine rings is 1. The van der Waals surface area contributed by atoms with Gasteiger partial charge in [-0.3, -0.25) is 4.72 Å². The second-order valence-electron chi connectivity index (χ2n) is 8.15. The maximum atomic E-state index is 12.7. The minimum Gasteiger partial charge on any atom is -0.478 e. The van der Waals surface area contributed by atoms with Crippen molar-refractivity contribution in [1.29, 1.82) is 0 Å². The second-order valence-corrected chi connectivity index (χ2v) is 9.83. The first-order valence-corrected chi connectivity index (χ1v) is 12.6. The minimum atomic E-state index is -3.80. The molecular formula is C25H23N5O4S. The Balaban J connectivity index is 1.41. The lowest BCUT2D eigenvalue weighted by atomic mass is 10.1. The number of aromatic carboxylic acids is 1. The molecule has 1 saturated heterocycles. The number of rotatable bonds is 6. The van der Waals surface area contributed by atoms with E-state index in [-0.39, 0.29) is 16.1 Å². The van der Waals surface area contributed by atoms with E-state index in [1.165, 1.54) is 18.2 Å². The normalized spacial score (nSPS) is 14.2. The molecule has 2 N–H and O–H groups in total. The van der Waals surface area contributed by atoms with Crippen molar-refractivity contribution in [3.8, 4) is 0 Å². The van der Waals surface area contributed by atoms with Crippen LogP contribution in [0.15, 0.2) is 83.9 Å². The summed E-state index contributed by atoms with van der Waals surface area (Å²) in [5, 5.41) is 10.3. The summed E-state index contributed by atoms with van der Waals surface area (Å²) in [5.74, 6) is 0.386. The predicted octanol–water partition coefficient (Wildman–Crippen LogP) is 3.46. The average molecular weight is 490 g/mol. The van der Waals surface area contributed by atoms with Crippen molar-refractivity contribution in [2.24, 2.45) is 0 Å². The Bertz CT molecular complexity index is 1470. The fourth-order valence-electron chi connectivity index (χ4n) is 4.13. The van der Waals surface area contributed by atoms with E-state index in [2.05, 4.69) is 24.5 Å². The molecule has 35 heavy (non-hydrogen) atoms. The summed E-state index contributed by atoms with van der Waals surface area (Å²) in [6.07, 6.45) is 1.76. The van der Waals surface area contributed by atoms with Crippen molar-refractivity contribution in [3.63, 3.8) is 0 Å². The molecule has 2 aromatic heterocycles. The molecule has 0 atom stereocenters. The third-order valence-electron chi connectivity index (χ3n) is 5.91. The molecule has 10 heteroatoms. The highest BCUT2D eigenvalue weighted by atomic mass is 32.2. The molecule has 0 saturated carbocycles. The first kappa shape index (κ1) is 22.6. The van der Waals surface area contributed by atoms with Gasteiger partial charge in [-0.05, 0) is 48.5 Å². The summed E-state index contributed by atoms with van der Waals surface area (Å²) < 4.78 is 27.9. The van der Waals surface area contributed by atoms with Crippen LogP contribution in [0.25, 0.3) is 10.9 Å². The number of anilines is 3. The van der Waals surface area contributed by atoms with Crippen molar-refractivity contribution in [2.45, 2.75) is 4.90 Å². The standard InChI is InChI=1S/C25H23N5O4S/c31-25(32)21-17-24(30-14-12-29(13-15-30)23-8-4-5-11-26-23)27-22-10-9-18(16-20(21)22)28-35(33,34)19-6-2-1-3-7-19/h1-11,16-17,28H,12-15H2,(H,31,32). The van der Waals surface area contributed by atoms with E-state index < -0.39 is 16.0 Å². The van der Waals surface area contributed by atoms with Crippen molar-refractivity contribution in [3.05, 3.63) is 84.6 Å². The number of fused-ring (bicyclic) bond motifs is 1. The average Bonchev–Trinajstić information content (AvgIpc) is 2.89. The van der Waals surface area contributed by atoms with Gasteiger partial charge in [0.05, 0.1) is 16.0 Å². The van der Waals surface area contributed by atoms with Gasteiger partial charge in [0, 0.05) is 43.4 Å². The largest absolute Gasteiger partial charge is 0.478 e. The summed E-state index contributed by atoms with van der Waals surface area (Å²) in [6.45, 7) is 2.81. The lowest BCUT2D eigenvalue weighted by Crippen LogP contribution is -2.47. The van der Waals surface area contributed by atoms with Crippen molar-refractivity contribution in [1.82, 2.24) is 9.97 Å². The molecule has 1 aliphatic rings. The fraction of sp³-hybridized carbons (Fsp3) is 0.160. The molecule has 178 valence electrons. The third kappa shape index (κ3) is 4.73. The summed E-state index contributed by atoms with van der Waals surface area (Å²) in [6, 6.07) is 20.1. The summed E-state index contributed by atoms with van der Waals surface area (Å²) in [4.78, 5) is 25.5. The van der Waals surface area contributed by atoms with Gasteiger partial charge in [0.15, 0.2) is 0 Å². The maximum absolute atomic E-state index is 12.7. The minimum absolute atomic E-state index is 0.0675. The highest BCUT2D eigenvalue weighted by molar-refractivity contribution is 7.92. The van der Waals surface area contributed by atoms with Crippen LogP contribution in [0.4, 0.5) is 17.3 Å². The van der Waals surface area contributed by atoms with Crippen LogP contribution in [-0.2, 0) is 10.0 Å². The van der Waals surface area contributed by atoms with Crippen LogP contribution in [0.2, 0.25) is 0 Å². The quantitative estimate of drug-likeness (QED) is 0.423. The maximum Gasteiger partial charge on any atom is 0.336 e.